The molecule has 0 radical (unpaired) electrons. The number of hydrogen-bond acceptors (Lipinski definition) is 5. The Balaban J connectivity index is 1.51. The second-order valence-electron chi connectivity index (χ2n) is 6.56. The summed E-state index contributed by atoms with van der Waals surface area (Å²) in [5.41, 5.74) is 2.59. The molecule has 5 nitrogen and oxygen atoms in total. The standard InChI is InChI=1S/C22H22BrN3O2S2/c1-2-3-7-20(27)24-17-5-4-6-18(12-17)29-14-21(28)26-22-25-19(13-30-22)15-8-10-16(23)11-9-15/h4-6,8-13H,2-3,7,14H2,1H3,(H,24,27)(H,25,26,28). The quantitative estimate of drug-likeness (QED) is 0.330. The molecule has 0 spiro atoms. The number of nitrogens with one attached hydrogen (secondary N) is 2. The van der Waals surface area contributed by atoms with Crippen LogP contribution in [0.3, 0.4) is 0 Å². The molecule has 2 N–H and O–H groups in total. The number of amides is 2. The molecule has 0 aliphatic rings. The molecule has 0 aliphatic carbocycles. The SMILES string of the molecule is CCCCC(=O)Nc1cccc(SCC(=O)Nc2nc(-c3ccc(Br)cc3)cs2)c1. The van der Waals surface area contributed by atoms with Crippen molar-refractivity contribution in [3.05, 3.63) is 58.4 Å². The summed E-state index contributed by atoms with van der Waals surface area (Å²) in [6.45, 7) is 2.06. The van der Waals surface area contributed by atoms with Crippen LogP contribution in [0, 0.1) is 0 Å². The fourth-order valence-corrected chi connectivity index (χ4v) is 4.37. The number of halogens is 1. The third kappa shape index (κ3) is 6.97. The number of benzene rings is 2. The average Bonchev–Trinajstić information content (AvgIpc) is 3.20. The number of unbranched alkanes of at least 4 members (excludes halogenated alkanes) is 1. The van der Waals surface area contributed by atoms with Crippen molar-refractivity contribution in [3.8, 4) is 11.3 Å². The number of thioether (sulfide) groups is 1. The van der Waals surface area contributed by atoms with Crippen molar-refractivity contribution >= 4 is 61.7 Å². The molecule has 0 fully saturated rings. The maximum atomic E-state index is 12.3. The Morgan fingerprint density at radius 3 is 2.67 bits per heavy atom. The summed E-state index contributed by atoms with van der Waals surface area (Å²) >= 11 is 6.24. The summed E-state index contributed by atoms with van der Waals surface area (Å²) in [6, 6.07) is 15.4. The second kappa shape index (κ2) is 11.3. The lowest BCUT2D eigenvalue weighted by Gasteiger charge is -2.07. The van der Waals surface area contributed by atoms with E-state index in [1.165, 1.54) is 23.1 Å². The number of thiazole rings is 1. The van der Waals surface area contributed by atoms with Gasteiger partial charge in [0.15, 0.2) is 5.13 Å². The predicted octanol–water partition coefficient (Wildman–Crippen LogP) is 6.43. The van der Waals surface area contributed by atoms with E-state index in [4.69, 9.17) is 0 Å². The van der Waals surface area contributed by atoms with Gasteiger partial charge in [-0.25, -0.2) is 4.98 Å². The van der Waals surface area contributed by atoms with Crippen molar-refractivity contribution in [2.45, 2.75) is 31.1 Å². The third-order valence-corrected chi connectivity index (χ3v) is 6.42. The Morgan fingerprint density at radius 2 is 1.90 bits per heavy atom. The van der Waals surface area contributed by atoms with E-state index in [9.17, 15) is 9.59 Å². The molecule has 0 unspecified atom stereocenters. The first kappa shape index (κ1) is 22.5. The number of aromatic nitrogens is 1. The second-order valence-corrected chi connectivity index (χ2v) is 9.38. The topological polar surface area (TPSA) is 71.1 Å². The zero-order valence-corrected chi connectivity index (χ0v) is 19.7. The van der Waals surface area contributed by atoms with E-state index >= 15 is 0 Å². The van der Waals surface area contributed by atoms with Gasteiger partial charge in [0.2, 0.25) is 11.8 Å². The molecule has 0 saturated carbocycles. The normalized spacial score (nSPS) is 10.6. The summed E-state index contributed by atoms with van der Waals surface area (Å²) in [5.74, 6) is 0.164. The molecule has 0 atom stereocenters. The van der Waals surface area contributed by atoms with Crippen LogP contribution in [0.25, 0.3) is 11.3 Å². The summed E-state index contributed by atoms with van der Waals surface area (Å²) in [7, 11) is 0. The number of carbonyl (C=O) groups excluding carboxylic acids is 2. The largest absolute Gasteiger partial charge is 0.326 e. The van der Waals surface area contributed by atoms with Crippen molar-refractivity contribution in [3.63, 3.8) is 0 Å². The van der Waals surface area contributed by atoms with Gasteiger partial charge < -0.3 is 10.6 Å². The lowest BCUT2D eigenvalue weighted by atomic mass is 10.2. The van der Waals surface area contributed by atoms with Gasteiger partial charge in [0.1, 0.15) is 0 Å². The minimum absolute atomic E-state index is 0.0158. The number of anilines is 2. The summed E-state index contributed by atoms with van der Waals surface area (Å²) < 4.78 is 1.01. The van der Waals surface area contributed by atoms with Gasteiger partial charge in [-0.15, -0.1) is 23.1 Å². The highest BCUT2D eigenvalue weighted by Gasteiger charge is 2.09. The van der Waals surface area contributed by atoms with Gasteiger partial charge in [0, 0.05) is 32.4 Å². The first-order valence-corrected chi connectivity index (χ1v) is 12.2. The number of rotatable bonds is 9. The van der Waals surface area contributed by atoms with Crippen LogP contribution in [-0.2, 0) is 9.59 Å². The molecule has 0 bridgehead atoms. The molecule has 2 amide bonds. The van der Waals surface area contributed by atoms with Crippen LogP contribution in [0.5, 0.6) is 0 Å². The van der Waals surface area contributed by atoms with Crippen LogP contribution in [-0.4, -0.2) is 22.6 Å². The lowest BCUT2D eigenvalue weighted by molar-refractivity contribution is -0.116. The highest BCUT2D eigenvalue weighted by molar-refractivity contribution is 9.10. The maximum Gasteiger partial charge on any atom is 0.236 e. The molecule has 0 aliphatic heterocycles. The summed E-state index contributed by atoms with van der Waals surface area (Å²) in [4.78, 5) is 29.6. The Hall–Kier alpha value is -2.16. The smallest absolute Gasteiger partial charge is 0.236 e. The molecule has 1 aromatic heterocycles. The molecular weight excluding hydrogens is 482 g/mol. The van der Waals surface area contributed by atoms with Crippen molar-refractivity contribution in [2.75, 3.05) is 16.4 Å². The van der Waals surface area contributed by atoms with Crippen LogP contribution < -0.4 is 10.6 Å². The molecule has 2 aromatic carbocycles. The first-order valence-electron chi connectivity index (χ1n) is 9.57. The van der Waals surface area contributed by atoms with Gasteiger partial charge in [0.05, 0.1) is 11.4 Å². The molecule has 0 saturated heterocycles. The Labute approximate surface area is 192 Å². The number of carbonyl (C=O) groups is 2. The zero-order chi connectivity index (χ0) is 21.3. The fraction of sp³-hybridized carbons (Fsp3) is 0.227. The van der Waals surface area contributed by atoms with Crippen LogP contribution >= 0.6 is 39.0 Å². The molecule has 3 aromatic rings. The van der Waals surface area contributed by atoms with E-state index in [1.54, 1.807) is 0 Å². The van der Waals surface area contributed by atoms with E-state index in [1.807, 2.05) is 53.9 Å². The monoisotopic (exact) mass is 503 g/mol. The van der Waals surface area contributed by atoms with Crippen LogP contribution in [0.2, 0.25) is 0 Å². The van der Waals surface area contributed by atoms with E-state index in [2.05, 4.69) is 38.5 Å². The van der Waals surface area contributed by atoms with Gasteiger partial charge in [-0.3, -0.25) is 9.59 Å². The van der Waals surface area contributed by atoms with E-state index in [-0.39, 0.29) is 17.6 Å². The van der Waals surface area contributed by atoms with Gasteiger partial charge in [-0.2, -0.15) is 0 Å². The molecule has 30 heavy (non-hydrogen) atoms. The molecule has 156 valence electrons. The summed E-state index contributed by atoms with van der Waals surface area (Å²) in [6.07, 6.45) is 2.38. The third-order valence-electron chi connectivity index (χ3n) is 4.14. The minimum Gasteiger partial charge on any atom is -0.326 e. The molecule has 8 heteroatoms. The van der Waals surface area contributed by atoms with Crippen molar-refractivity contribution < 1.29 is 9.59 Å². The van der Waals surface area contributed by atoms with Gasteiger partial charge in [-0.1, -0.05) is 47.5 Å². The Bertz CT molecular complexity index is 1010. The van der Waals surface area contributed by atoms with Crippen LogP contribution in [0.1, 0.15) is 26.2 Å². The van der Waals surface area contributed by atoms with Crippen molar-refractivity contribution in [1.82, 2.24) is 4.98 Å². The minimum atomic E-state index is -0.117. The Kier molecular flexibility index (Phi) is 8.48. The fourth-order valence-electron chi connectivity index (χ4n) is 2.61. The predicted molar refractivity (Wildman–Crippen MR) is 129 cm³/mol. The van der Waals surface area contributed by atoms with E-state index < -0.39 is 0 Å². The van der Waals surface area contributed by atoms with E-state index in [0.717, 1.165) is 39.2 Å². The van der Waals surface area contributed by atoms with Gasteiger partial charge in [0.25, 0.3) is 0 Å². The molecule has 1 heterocycles. The van der Waals surface area contributed by atoms with Crippen LogP contribution in [0.4, 0.5) is 10.8 Å². The maximum absolute atomic E-state index is 12.3. The number of nitrogens with zero attached hydrogens (tertiary/aromatic N) is 1. The average molecular weight is 504 g/mol. The lowest BCUT2D eigenvalue weighted by Crippen LogP contribution is -2.14. The van der Waals surface area contributed by atoms with E-state index in [0.29, 0.717) is 11.6 Å². The number of hydrogen-bond donors (Lipinski definition) is 2. The Morgan fingerprint density at radius 1 is 1.10 bits per heavy atom. The van der Waals surface area contributed by atoms with Crippen molar-refractivity contribution in [1.29, 1.82) is 0 Å². The van der Waals surface area contributed by atoms with Gasteiger partial charge in [-0.05, 0) is 36.8 Å². The highest BCUT2D eigenvalue weighted by Crippen LogP contribution is 2.27. The van der Waals surface area contributed by atoms with Gasteiger partial charge >= 0.3 is 0 Å². The summed E-state index contributed by atoms with van der Waals surface area (Å²) in [5, 5.41) is 8.26. The molecular formula is C22H22BrN3O2S2. The van der Waals surface area contributed by atoms with Crippen molar-refractivity contribution in [2.24, 2.45) is 0 Å². The first-order chi connectivity index (χ1) is 14.5. The van der Waals surface area contributed by atoms with Crippen LogP contribution in [0.15, 0.2) is 63.3 Å². The highest BCUT2D eigenvalue weighted by atomic mass is 79.9. The zero-order valence-electron chi connectivity index (χ0n) is 16.5. The molecule has 3 rings (SSSR count).